The number of ether oxygens (including phenoxy) is 2. The summed E-state index contributed by atoms with van der Waals surface area (Å²) in [7, 11) is 3.55. The van der Waals surface area contributed by atoms with Crippen molar-refractivity contribution in [1.29, 1.82) is 0 Å². The van der Waals surface area contributed by atoms with Crippen LogP contribution in [0.4, 0.5) is 0 Å². The lowest BCUT2D eigenvalue weighted by molar-refractivity contribution is 0.0332. The molecule has 60 valence electrons. The summed E-state index contributed by atoms with van der Waals surface area (Å²) in [5.74, 6) is 0.648. The van der Waals surface area contributed by atoms with Crippen molar-refractivity contribution in [3.05, 3.63) is 0 Å². The predicted octanol–water partition coefficient (Wildman–Crippen LogP) is 1.45. The van der Waals surface area contributed by atoms with E-state index in [1.165, 1.54) is 19.3 Å². The molecule has 0 aromatic heterocycles. The van der Waals surface area contributed by atoms with Gasteiger partial charge in [0.25, 0.3) is 0 Å². The first kappa shape index (κ1) is 8.02. The first-order valence-electron chi connectivity index (χ1n) is 3.90. The molecule has 2 heteroatoms. The van der Waals surface area contributed by atoms with Gasteiger partial charge in [0, 0.05) is 20.1 Å². The third kappa shape index (κ3) is 1.70. The molecular weight excluding hydrogens is 128 g/mol. The van der Waals surface area contributed by atoms with Gasteiger partial charge in [-0.2, -0.15) is 0 Å². The zero-order valence-corrected chi connectivity index (χ0v) is 6.80. The summed E-state index contributed by atoms with van der Waals surface area (Å²) in [6, 6.07) is 0. The first-order valence-corrected chi connectivity index (χ1v) is 3.90. The van der Waals surface area contributed by atoms with Crippen molar-refractivity contribution < 1.29 is 9.47 Å². The minimum absolute atomic E-state index is 0.458. The number of hydrogen-bond donors (Lipinski definition) is 0. The Morgan fingerprint density at radius 3 is 2.70 bits per heavy atom. The Bertz CT molecular complexity index is 93.3. The van der Waals surface area contributed by atoms with E-state index in [9.17, 15) is 0 Å². The average molecular weight is 144 g/mol. The van der Waals surface area contributed by atoms with E-state index in [-0.39, 0.29) is 0 Å². The summed E-state index contributed by atoms with van der Waals surface area (Å²) in [4.78, 5) is 0. The highest BCUT2D eigenvalue weighted by Gasteiger charge is 2.26. The quantitative estimate of drug-likeness (QED) is 0.597. The van der Waals surface area contributed by atoms with Crippen molar-refractivity contribution in [2.24, 2.45) is 5.92 Å². The van der Waals surface area contributed by atoms with Crippen molar-refractivity contribution in [3.8, 4) is 0 Å². The van der Waals surface area contributed by atoms with E-state index in [1.807, 2.05) is 0 Å². The summed E-state index contributed by atoms with van der Waals surface area (Å²) in [6.45, 7) is 0.860. The Labute approximate surface area is 62.5 Å². The second-order valence-corrected chi connectivity index (χ2v) is 2.92. The predicted molar refractivity (Wildman–Crippen MR) is 40.0 cm³/mol. The zero-order chi connectivity index (χ0) is 7.40. The van der Waals surface area contributed by atoms with Gasteiger partial charge in [-0.05, 0) is 12.8 Å². The Morgan fingerprint density at radius 1 is 1.30 bits per heavy atom. The van der Waals surface area contributed by atoms with Crippen molar-refractivity contribution in [3.63, 3.8) is 0 Å². The Hall–Kier alpha value is -0.0800. The summed E-state index contributed by atoms with van der Waals surface area (Å²) in [5, 5.41) is 0. The van der Waals surface area contributed by atoms with E-state index < -0.39 is 0 Å². The fourth-order valence-corrected chi connectivity index (χ4v) is 1.72. The molecule has 2 unspecified atom stereocenters. The van der Waals surface area contributed by atoms with E-state index in [0.717, 1.165) is 6.61 Å². The molecule has 0 aromatic carbocycles. The molecule has 0 heterocycles. The van der Waals surface area contributed by atoms with E-state index in [1.54, 1.807) is 14.2 Å². The zero-order valence-electron chi connectivity index (χ0n) is 6.80. The fourth-order valence-electron chi connectivity index (χ4n) is 1.72. The summed E-state index contributed by atoms with van der Waals surface area (Å²) < 4.78 is 10.4. The SMILES string of the molecule is COCC1CCCC1OC. The monoisotopic (exact) mass is 144 g/mol. The second kappa shape index (κ2) is 3.94. The molecule has 0 aromatic rings. The Balaban J connectivity index is 2.27. The highest BCUT2D eigenvalue weighted by atomic mass is 16.5. The third-order valence-electron chi connectivity index (χ3n) is 2.27. The lowest BCUT2D eigenvalue weighted by atomic mass is 10.1. The van der Waals surface area contributed by atoms with Crippen LogP contribution in [0, 0.1) is 5.92 Å². The van der Waals surface area contributed by atoms with Gasteiger partial charge >= 0.3 is 0 Å². The molecule has 1 rings (SSSR count). The molecule has 0 radical (unpaired) electrons. The molecule has 10 heavy (non-hydrogen) atoms. The van der Waals surface area contributed by atoms with Crippen LogP contribution in [0.15, 0.2) is 0 Å². The van der Waals surface area contributed by atoms with Crippen molar-refractivity contribution in [2.45, 2.75) is 25.4 Å². The van der Waals surface area contributed by atoms with Crippen molar-refractivity contribution in [1.82, 2.24) is 0 Å². The average Bonchev–Trinajstić information content (AvgIpc) is 2.36. The van der Waals surface area contributed by atoms with Crippen LogP contribution < -0.4 is 0 Å². The largest absolute Gasteiger partial charge is 0.384 e. The van der Waals surface area contributed by atoms with Gasteiger partial charge in [-0.3, -0.25) is 0 Å². The molecule has 0 saturated heterocycles. The normalized spacial score (nSPS) is 33.0. The molecule has 2 nitrogen and oxygen atoms in total. The van der Waals surface area contributed by atoms with Gasteiger partial charge in [-0.1, -0.05) is 6.42 Å². The number of methoxy groups -OCH3 is 2. The number of rotatable bonds is 3. The second-order valence-electron chi connectivity index (χ2n) is 2.92. The van der Waals surface area contributed by atoms with Gasteiger partial charge in [0.05, 0.1) is 12.7 Å². The summed E-state index contributed by atoms with van der Waals surface area (Å²) in [5.41, 5.74) is 0. The van der Waals surface area contributed by atoms with E-state index in [4.69, 9.17) is 9.47 Å². The molecule has 0 bridgehead atoms. The first-order chi connectivity index (χ1) is 4.88. The van der Waals surface area contributed by atoms with Gasteiger partial charge in [0.1, 0.15) is 0 Å². The molecular formula is C8H16O2. The molecule has 0 amide bonds. The van der Waals surface area contributed by atoms with Crippen LogP contribution in [-0.4, -0.2) is 26.9 Å². The fraction of sp³-hybridized carbons (Fsp3) is 1.00. The highest BCUT2D eigenvalue weighted by Crippen LogP contribution is 2.27. The van der Waals surface area contributed by atoms with Gasteiger partial charge in [-0.15, -0.1) is 0 Å². The third-order valence-corrected chi connectivity index (χ3v) is 2.27. The van der Waals surface area contributed by atoms with Crippen molar-refractivity contribution in [2.75, 3.05) is 20.8 Å². The van der Waals surface area contributed by atoms with Gasteiger partial charge in [0.15, 0.2) is 0 Å². The smallest absolute Gasteiger partial charge is 0.0621 e. The minimum Gasteiger partial charge on any atom is -0.384 e. The van der Waals surface area contributed by atoms with E-state index in [2.05, 4.69) is 0 Å². The lowest BCUT2D eigenvalue weighted by Crippen LogP contribution is -2.20. The molecule has 0 N–H and O–H groups in total. The molecule has 2 atom stereocenters. The van der Waals surface area contributed by atoms with Crippen LogP contribution in [0.5, 0.6) is 0 Å². The van der Waals surface area contributed by atoms with Gasteiger partial charge < -0.3 is 9.47 Å². The van der Waals surface area contributed by atoms with Gasteiger partial charge in [-0.25, -0.2) is 0 Å². The van der Waals surface area contributed by atoms with Crippen LogP contribution in [0.2, 0.25) is 0 Å². The van der Waals surface area contributed by atoms with Crippen LogP contribution >= 0.6 is 0 Å². The molecule has 1 saturated carbocycles. The maximum atomic E-state index is 5.30. The van der Waals surface area contributed by atoms with Crippen LogP contribution in [0.3, 0.4) is 0 Å². The molecule has 1 fully saturated rings. The molecule has 1 aliphatic rings. The molecule has 0 spiro atoms. The van der Waals surface area contributed by atoms with Crippen molar-refractivity contribution >= 4 is 0 Å². The van der Waals surface area contributed by atoms with Crippen LogP contribution in [0.1, 0.15) is 19.3 Å². The maximum Gasteiger partial charge on any atom is 0.0621 e. The van der Waals surface area contributed by atoms with Gasteiger partial charge in [0.2, 0.25) is 0 Å². The standard InChI is InChI=1S/C8H16O2/c1-9-6-7-4-3-5-8(7)10-2/h7-8H,3-6H2,1-2H3. The minimum atomic E-state index is 0.458. The topological polar surface area (TPSA) is 18.5 Å². The molecule has 0 aliphatic heterocycles. The highest BCUT2D eigenvalue weighted by molar-refractivity contribution is 4.77. The Morgan fingerprint density at radius 2 is 2.10 bits per heavy atom. The van der Waals surface area contributed by atoms with E-state index >= 15 is 0 Å². The van der Waals surface area contributed by atoms with Crippen LogP contribution in [0.25, 0.3) is 0 Å². The number of hydrogen-bond acceptors (Lipinski definition) is 2. The summed E-state index contributed by atoms with van der Waals surface area (Å²) in [6.07, 6.45) is 4.24. The lowest BCUT2D eigenvalue weighted by Gasteiger charge is -2.16. The van der Waals surface area contributed by atoms with Crippen LogP contribution in [-0.2, 0) is 9.47 Å². The molecule has 1 aliphatic carbocycles. The summed E-state index contributed by atoms with van der Waals surface area (Å²) >= 11 is 0. The van der Waals surface area contributed by atoms with E-state index in [0.29, 0.717) is 12.0 Å². The maximum absolute atomic E-state index is 5.30. The Kier molecular flexibility index (Phi) is 3.16.